The molecular weight excluding hydrogens is 310 g/mol. The molecule has 0 spiro atoms. The van der Waals surface area contributed by atoms with Crippen molar-refractivity contribution in [3.05, 3.63) is 47.3 Å². The Morgan fingerprint density at radius 2 is 1.91 bits per heavy atom. The minimum absolute atomic E-state index is 0.163. The zero-order valence-corrected chi connectivity index (χ0v) is 12.9. The molecule has 0 radical (unpaired) electrons. The second-order valence-corrected chi connectivity index (χ2v) is 5.67. The van der Waals surface area contributed by atoms with Crippen LogP contribution in [0.5, 0.6) is 0 Å². The number of nitrogens with two attached hydrogens (primary N) is 1. The summed E-state index contributed by atoms with van der Waals surface area (Å²) in [4.78, 5) is 3.99. The Labute approximate surface area is 137 Å². The van der Waals surface area contributed by atoms with E-state index in [1.54, 1.807) is 13.0 Å². The van der Waals surface area contributed by atoms with Crippen molar-refractivity contribution in [2.75, 3.05) is 0 Å². The van der Waals surface area contributed by atoms with Gasteiger partial charge in [0.1, 0.15) is 29.6 Å². The van der Waals surface area contributed by atoms with E-state index >= 15 is 0 Å². The summed E-state index contributed by atoms with van der Waals surface area (Å²) in [6.07, 6.45) is 0. The van der Waals surface area contributed by atoms with Gasteiger partial charge in [0.15, 0.2) is 5.17 Å². The minimum atomic E-state index is -1.72. The van der Waals surface area contributed by atoms with E-state index in [4.69, 9.17) is 11.0 Å². The van der Waals surface area contributed by atoms with E-state index in [1.165, 1.54) is 0 Å². The monoisotopic (exact) mass is 321 g/mol. The normalized spacial score (nSPS) is 16.6. The molecule has 0 fully saturated rings. The average molecular weight is 321 g/mol. The molecule has 0 saturated carbocycles. The van der Waals surface area contributed by atoms with Crippen LogP contribution in [0.4, 0.5) is 0 Å². The lowest BCUT2D eigenvalue weighted by atomic mass is 10.0. The quantitative estimate of drug-likeness (QED) is 0.627. The van der Waals surface area contributed by atoms with Crippen molar-refractivity contribution >= 4 is 22.6 Å². The van der Waals surface area contributed by atoms with Gasteiger partial charge in [-0.25, -0.2) is 4.99 Å². The first-order valence-corrected chi connectivity index (χ1v) is 7.24. The van der Waals surface area contributed by atoms with Crippen molar-refractivity contribution in [3.63, 3.8) is 0 Å². The summed E-state index contributed by atoms with van der Waals surface area (Å²) in [6.45, 7) is 1.80. The minimum Gasteiger partial charge on any atom is -0.383 e. The number of hydrazone groups is 1. The van der Waals surface area contributed by atoms with Crippen LogP contribution in [-0.4, -0.2) is 15.6 Å². The maximum Gasteiger partial charge on any atom is 0.234 e. The molecule has 1 aliphatic rings. The second-order valence-electron chi connectivity index (χ2n) is 4.47. The van der Waals surface area contributed by atoms with Crippen LogP contribution < -0.4 is 11.2 Å². The summed E-state index contributed by atoms with van der Waals surface area (Å²) in [5.41, 5.74) is 9.83. The number of nitriles is 3. The van der Waals surface area contributed by atoms with E-state index in [2.05, 4.69) is 15.5 Å². The van der Waals surface area contributed by atoms with Crippen molar-refractivity contribution in [1.82, 2.24) is 5.43 Å². The van der Waals surface area contributed by atoms with Crippen LogP contribution in [0.2, 0.25) is 0 Å². The summed E-state index contributed by atoms with van der Waals surface area (Å²) < 4.78 is -1.72. The molecule has 112 valence electrons. The second kappa shape index (κ2) is 6.65. The zero-order chi connectivity index (χ0) is 16.9. The summed E-state index contributed by atoms with van der Waals surface area (Å²) in [5, 5.41) is 32.0. The molecular formula is C15H11N7S. The summed E-state index contributed by atoms with van der Waals surface area (Å²) in [5.74, 6) is -0.163. The number of thioether (sulfide) groups is 1. The van der Waals surface area contributed by atoms with E-state index < -0.39 is 4.75 Å². The van der Waals surface area contributed by atoms with Crippen molar-refractivity contribution in [3.8, 4) is 18.2 Å². The van der Waals surface area contributed by atoms with E-state index in [0.717, 1.165) is 17.3 Å². The molecule has 0 amide bonds. The molecule has 1 aromatic carbocycles. The van der Waals surface area contributed by atoms with Gasteiger partial charge in [0.2, 0.25) is 4.75 Å². The molecule has 1 heterocycles. The third-order valence-electron chi connectivity index (χ3n) is 3.02. The standard InChI is InChI=1S/C15H11N7S/c1-10(11-5-3-2-4-6-11)21-22-14-20-13(19)12(7-16)15(8-17,9-18)23-14/h2-6H,19H2,1H3,(H,20,22)/b21-10-. The number of rotatable bonds is 2. The molecule has 3 N–H and O–H groups in total. The molecule has 2 rings (SSSR count). The molecule has 0 aromatic heterocycles. The number of nitrogens with zero attached hydrogens (tertiary/aromatic N) is 5. The third kappa shape index (κ3) is 3.16. The van der Waals surface area contributed by atoms with E-state index in [0.29, 0.717) is 5.71 Å². The SMILES string of the molecule is C/C(=N/NC1=NC(N)=C(C#N)C(C#N)(C#N)S1)c1ccccc1. The van der Waals surface area contributed by atoms with Crippen LogP contribution >= 0.6 is 11.8 Å². The van der Waals surface area contributed by atoms with Crippen molar-refractivity contribution in [2.24, 2.45) is 15.8 Å². The van der Waals surface area contributed by atoms with Gasteiger partial charge in [0, 0.05) is 0 Å². The predicted molar refractivity (Wildman–Crippen MR) is 87.6 cm³/mol. The number of nitrogens with one attached hydrogen (secondary N) is 1. The molecule has 23 heavy (non-hydrogen) atoms. The van der Waals surface area contributed by atoms with Gasteiger partial charge in [-0.3, -0.25) is 5.43 Å². The lowest BCUT2D eigenvalue weighted by molar-refractivity contribution is 0.986. The first-order chi connectivity index (χ1) is 11.1. The number of hydrogen-bond donors (Lipinski definition) is 2. The highest BCUT2D eigenvalue weighted by Crippen LogP contribution is 2.37. The topological polar surface area (TPSA) is 134 Å². The molecule has 1 aromatic rings. The van der Waals surface area contributed by atoms with Crippen LogP contribution in [0.3, 0.4) is 0 Å². The number of benzene rings is 1. The van der Waals surface area contributed by atoms with Gasteiger partial charge >= 0.3 is 0 Å². The van der Waals surface area contributed by atoms with Crippen LogP contribution in [-0.2, 0) is 0 Å². The van der Waals surface area contributed by atoms with Crippen LogP contribution in [0.25, 0.3) is 0 Å². The lowest BCUT2D eigenvalue weighted by Gasteiger charge is -2.22. The van der Waals surface area contributed by atoms with Crippen molar-refractivity contribution < 1.29 is 0 Å². The van der Waals surface area contributed by atoms with Crippen LogP contribution in [0.15, 0.2) is 51.8 Å². The average Bonchev–Trinajstić information content (AvgIpc) is 2.59. The first-order valence-electron chi connectivity index (χ1n) is 6.42. The first kappa shape index (κ1) is 16.1. The Morgan fingerprint density at radius 1 is 1.26 bits per heavy atom. The number of amidine groups is 1. The van der Waals surface area contributed by atoms with Crippen LogP contribution in [0.1, 0.15) is 12.5 Å². The van der Waals surface area contributed by atoms with Gasteiger partial charge in [-0.1, -0.05) is 30.3 Å². The maximum absolute atomic E-state index is 9.28. The Hall–Kier alpha value is -3.28. The highest BCUT2D eigenvalue weighted by Gasteiger charge is 2.43. The molecule has 8 heteroatoms. The Kier molecular flexibility index (Phi) is 4.66. The Morgan fingerprint density at radius 3 is 2.48 bits per heavy atom. The van der Waals surface area contributed by atoms with E-state index in [9.17, 15) is 10.5 Å². The molecule has 1 aliphatic heterocycles. The molecule has 0 aliphatic carbocycles. The number of aliphatic imine (C=N–C) groups is 1. The maximum atomic E-state index is 9.28. The summed E-state index contributed by atoms with van der Waals surface area (Å²) in [7, 11) is 0. The number of hydrogen-bond acceptors (Lipinski definition) is 8. The Bertz CT molecular complexity index is 817. The lowest BCUT2D eigenvalue weighted by Crippen LogP contribution is -2.34. The fourth-order valence-electron chi connectivity index (χ4n) is 1.81. The molecule has 0 saturated heterocycles. The molecule has 0 atom stereocenters. The Balaban J connectivity index is 2.30. The molecule has 0 unspecified atom stereocenters. The fraction of sp³-hybridized carbons (Fsp3) is 0.133. The van der Waals surface area contributed by atoms with E-state index in [1.807, 2.05) is 42.5 Å². The van der Waals surface area contributed by atoms with Gasteiger partial charge < -0.3 is 5.73 Å². The summed E-state index contributed by atoms with van der Waals surface area (Å²) in [6, 6.07) is 14.9. The van der Waals surface area contributed by atoms with Gasteiger partial charge in [-0.05, 0) is 24.2 Å². The zero-order valence-electron chi connectivity index (χ0n) is 12.1. The molecule has 7 nitrogen and oxygen atoms in total. The summed E-state index contributed by atoms with van der Waals surface area (Å²) >= 11 is 0.802. The fourth-order valence-corrected chi connectivity index (χ4v) is 2.68. The van der Waals surface area contributed by atoms with Gasteiger partial charge in [0.25, 0.3) is 0 Å². The predicted octanol–water partition coefficient (Wildman–Crippen LogP) is 1.58. The van der Waals surface area contributed by atoms with E-state index in [-0.39, 0.29) is 16.6 Å². The third-order valence-corrected chi connectivity index (χ3v) is 4.09. The largest absolute Gasteiger partial charge is 0.383 e. The highest BCUT2D eigenvalue weighted by molar-refractivity contribution is 8.15. The van der Waals surface area contributed by atoms with Crippen molar-refractivity contribution in [2.45, 2.75) is 11.7 Å². The van der Waals surface area contributed by atoms with Crippen LogP contribution in [0, 0.1) is 34.0 Å². The van der Waals surface area contributed by atoms with Gasteiger partial charge in [0.05, 0.1) is 5.71 Å². The van der Waals surface area contributed by atoms with Crippen molar-refractivity contribution in [1.29, 1.82) is 15.8 Å². The smallest absolute Gasteiger partial charge is 0.234 e. The highest BCUT2D eigenvalue weighted by atomic mass is 32.2. The van der Waals surface area contributed by atoms with Gasteiger partial charge in [-0.2, -0.15) is 20.9 Å². The van der Waals surface area contributed by atoms with Gasteiger partial charge in [-0.15, -0.1) is 0 Å². The molecule has 0 bridgehead atoms.